The van der Waals surface area contributed by atoms with Gasteiger partial charge in [0.25, 0.3) is 0 Å². The van der Waals surface area contributed by atoms with Gasteiger partial charge < -0.3 is 15.0 Å². The maximum atomic E-state index is 13.9. The highest BCUT2D eigenvalue weighted by molar-refractivity contribution is 7.89. The van der Waals surface area contributed by atoms with Crippen molar-refractivity contribution in [2.45, 2.75) is 62.9 Å². The molecule has 0 spiro atoms. The molecule has 1 aliphatic rings. The van der Waals surface area contributed by atoms with Crippen LogP contribution >= 0.6 is 0 Å². The Morgan fingerprint density at radius 2 is 1.51 bits per heavy atom. The Bertz CT molecular complexity index is 1390. The van der Waals surface area contributed by atoms with Gasteiger partial charge in [0.05, 0.1) is 4.90 Å². The molecule has 8 nitrogen and oxygen atoms in total. The number of carbonyl (C=O) groups excluding carboxylic acids is 2. The fourth-order valence-electron chi connectivity index (χ4n) is 5.28. The minimum atomic E-state index is -3.49. The van der Waals surface area contributed by atoms with E-state index in [9.17, 15) is 18.0 Å². The quantitative estimate of drug-likeness (QED) is 0.241. The highest BCUT2D eigenvalue weighted by atomic mass is 32.2. The molecule has 1 heterocycles. The zero-order valence-electron chi connectivity index (χ0n) is 25.0. The zero-order chi connectivity index (χ0) is 30.5. The van der Waals surface area contributed by atoms with Gasteiger partial charge in [0, 0.05) is 52.2 Å². The van der Waals surface area contributed by atoms with Crippen LogP contribution in [0.5, 0.6) is 0 Å². The van der Waals surface area contributed by atoms with Crippen molar-refractivity contribution in [1.82, 2.24) is 14.5 Å². The van der Waals surface area contributed by atoms with Gasteiger partial charge in [-0.3, -0.25) is 9.59 Å². The highest BCUT2D eigenvalue weighted by Gasteiger charge is 2.30. The van der Waals surface area contributed by atoms with Crippen LogP contribution in [0.1, 0.15) is 49.3 Å². The van der Waals surface area contributed by atoms with E-state index in [2.05, 4.69) is 5.32 Å². The molecule has 2 amide bonds. The van der Waals surface area contributed by atoms with E-state index in [1.165, 1.54) is 4.31 Å². The number of amides is 2. The molecule has 9 heteroatoms. The number of ether oxygens (including phenoxy) is 1. The van der Waals surface area contributed by atoms with Crippen LogP contribution in [0.3, 0.4) is 0 Å². The average molecular weight is 606 g/mol. The van der Waals surface area contributed by atoms with Crippen LogP contribution in [0.25, 0.3) is 0 Å². The Kier molecular flexibility index (Phi) is 12.3. The summed E-state index contributed by atoms with van der Waals surface area (Å²) in [4.78, 5) is 29.5. The molecule has 0 unspecified atom stereocenters. The second-order valence-electron chi connectivity index (χ2n) is 10.8. The van der Waals surface area contributed by atoms with E-state index in [1.807, 2.05) is 67.6 Å². The lowest BCUT2D eigenvalue weighted by Gasteiger charge is -2.31. The third-order valence-electron chi connectivity index (χ3n) is 7.69. The standard InChI is InChI=1S/C34H43N3O5S/c1-2-42-25-11-22-35-34(39)32(26-29-12-5-3-6-13-29)37(27-30-14-7-4-8-15-30)33(38)21-18-28-16-19-31(20-17-28)43(40,41)36-23-9-10-24-36/h3-8,12-17,19-20,32H,2,9-11,18,21-27H2,1H3,(H,35,39)/t32-/m1/s1. The van der Waals surface area contributed by atoms with E-state index in [1.54, 1.807) is 29.2 Å². The van der Waals surface area contributed by atoms with Gasteiger partial charge in [-0.1, -0.05) is 72.8 Å². The van der Waals surface area contributed by atoms with Crippen LogP contribution < -0.4 is 5.32 Å². The third-order valence-corrected chi connectivity index (χ3v) is 9.60. The first kappa shape index (κ1) is 32.4. The second kappa shape index (κ2) is 16.4. The summed E-state index contributed by atoms with van der Waals surface area (Å²) in [5, 5.41) is 3.03. The molecule has 0 aliphatic carbocycles. The Labute approximate surface area is 256 Å². The molecule has 1 N–H and O–H groups in total. The van der Waals surface area contributed by atoms with E-state index in [4.69, 9.17) is 4.74 Å². The van der Waals surface area contributed by atoms with Crippen molar-refractivity contribution in [2.24, 2.45) is 0 Å². The molecule has 0 bridgehead atoms. The van der Waals surface area contributed by atoms with Gasteiger partial charge in [0.15, 0.2) is 0 Å². The summed E-state index contributed by atoms with van der Waals surface area (Å²) in [6, 6.07) is 25.6. The summed E-state index contributed by atoms with van der Waals surface area (Å²) >= 11 is 0. The molecule has 0 radical (unpaired) electrons. The number of sulfonamides is 1. The first-order valence-electron chi connectivity index (χ1n) is 15.2. The number of hydrogen-bond donors (Lipinski definition) is 1. The first-order valence-corrected chi connectivity index (χ1v) is 16.6. The minimum Gasteiger partial charge on any atom is -0.382 e. The molecule has 4 rings (SSSR count). The Morgan fingerprint density at radius 3 is 2.14 bits per heavy atom. The van der Waals surface area contributed by atoms with E-state index >= 15 is 0 Å². The topological polar surface area (TPSA) is 96.0 Å². The van der Waals surface area contributed by atoms with Gasteiger partial charge in [0.1, 0.15) is 6.04 Å². The normalized spacial score (nSPS) is 14.3. The van der Waals surface area contributed by atoms with Crippen LogP contribution in [0.4, 0.5) is 0 Å². The largest absolute Gasteiger partial charge is 0.382 e. The van der Waals surface area contributed by atoms with Crippen molar-refractivity contribution < 1.29 is 22.7 Å². The Hall–Kier alpha value is -3.53. The third kappa shape index (κ3) is 9.48. The van der Waals surface area contributed by atoms with Gasteiger partial charge in [-0.05, 0) is 61.4 Å². The fraction of sp³-hybridized carbons (Fsp3) is 0.412. The Morgan fingerprint density at radius 1 is 0.884 bits per heavy atom. The molecule has 3 aromatic carbocycles. The van der Waals surface area contributed by atoms with Crippen molar-refractivity contribution in [1.29, 1.82) is 0 Å². The summed E-state index contributed by atoms with van der Waals surface area (Å²) in [5.74, 6) is -0.330. The smallest absolute Gasteiger partial charge is 0.243 e. The summed E-state index contributed by atoms with van der Waals surface area (Å²) in [7, 11) is -3.49. The molecular formula is C34H43N3O5S. The summed E-state index contributed by atoms with van der Waals surface area (Å²) < 4.78 is 32.8. The molecule has 3 aromatic rings. The lowest BCUT2D eigenvalue weighted by molar-refractivity contribution is -0.141. The van der Waals surface area contributed by atoms with Crippen LogP contribution in [0, 0.1) is 0 Å². The molecule has 0 saturated carbocycles. The fourth-order valence-corrected chi connectivity index (χ4v) is 6.80. The van der Waals surface area contributed by atoms with E-state index in [0.29, 0.717) is 58.7 Å². The number of carbonyl (C=O) groups is 2. The average Bonchev–Trinajstić information content (AvgIpc) is 3.59. The molecule has 1 fully saturated rings. The van der Waals surface area contributed by atoms with Crippen LogP contribution in [0.2, 0.25) is 0 Å². The van der Waals surface area contributed by atoms with Crippen molar-refractivity contribution in [2.75, 3.05) is 32.8 Å². The maximum absolute atomic E-state index is 13.9. The summed E-state index contributed by atoms with van der Waals surface area (Å²) in [5.41, 5.74) is 2.78. The van der Waals surface area contributed by atoms with Gasteiger partial charge >= 0.3 is 0 Å². The molecule has 0 aromatic heterocycles. The number of benzene rings is 3. The number of aryl methyl sites for hydroxylation is 1. The minimum absolute atomic E-state index is 0.136. The van der Waals surface area contributed by atoms with Crippen LogP contribution in [-0.2, 0) is 43.7 Å². The second-order valence-corrected chi connectivity index (χ2v) is 12.7. The number of nitrogens with one attached hydrogen (secondary N) is 1. The summed E-state index contributed by atoms with van der Waals surface area (Å²) in [6.07, 6.45) is 3.47. The molecule has 230 valence electrons. The van der Waals surface area contributed by atoms with Gasteiger partial charge in [-0.15, -0.1) is 0 Å². The van der Waals surface area contributed by atoms with Crippen molar-refractivity contribution in [3.63, 3.8) is 0 Å². The zero-order valence-corrected chi connectivity index (χ0v) is 25.8. The van der Waals surface area contributed by atoms with E-state index in [-0.39, 0.29) is 23.1 Å². The molecule has 1 saturated heterocycles. The number of nitrogens with zero attached hydrogens (tertiary/aromatic N) is 2. The lowest BCUT2D eigenvalue weighted by atomic mass is 10.0. The van der Waals surface area contributed by atoms with Crippen molar-refractivity contribution in [3.8, 4) is 0 Å². The number of rotatable bonds is 16. The molecular weight excluding hydrogens is 562 g/mol. The van der Waals surface area contributed by atoms with Gasteiger partial charge in [-0.25, -0.2) is 8.42 Å². The molecule has 43 heavy (non-hydrogen) atoms. The molecule has 1 aliphatic heterocycles. The lowest BCUT2D eigenvalue weighted by Crippen LogP contribution is -2.50. The van der Waals surface area contributed by atoms with Gasteiger partial charge in [-0.2, -0.15) is 4.31 Å². The monoisotopic (exact) mass is 605 g/mol. The van der Waals surface area contributed by atoms with E-state index < -0.39 is 16.1 Å². The van der Waals surface area contributed by atoms with Crippen molar-refractivity contribution >= 4 is 21.8 Å². The number of hydrogen-bond acceptors (Lipinski definition) is 5. The maximum Gasteiger partial charge on any atom is 0.243 e. The van der Waals surface area contributed by atoms with Gasteiger partial charge in [0.2, 0.25) is 21.8 Å². The highest BCUT2D eigenvalue weighted by Crippen LogP contribution is 2.22. The Balaban J connectivity index is 1.50. The van der Waals surface area contributed by atoms with E-state index in [0.717, 1.165) is 29.5 Å². The predicted octanol–water partition coefficient (Wildman–Crippen LogP) is 4.59. The van der Waals surface area contributed by atoms with Crippen LogP contribution in [0.15, 0.2) is 89.8 Å². The first-order chi connectivity index (χ1) is 20.9. The summed E-state index contributed by atoms with van der Waals surface area (Å²) in [6.45, 7) is 5.00. The van der Waals surface area contributed by atoms with Crippen molar-refractivity contribution in [3.05, 3.63) is 102 Å². The molecule has 1 atom stereocenters. The SMILES string of the molecule is CCOCCCNC(=O)[C@@H](Cc1ccccc1)N(Cc1ccccc1)C(=O)CCc1ccc(S(=O)(=O)N2CCCC2)cc1. The van der Waals surface area contributed by atoms with Crippen LogP contribution in [-0.4, -0.2) is 68.3 Å². The predicted molar refractivity (Wildman–Crippen MR) is 168 cm³/mol.